The number of hydrogen-bond acceptors (Lipinski definition) is 3. The van der Waals surface area contributed by atoms with E-state index < -0.39 is 0 Å². The minimum atomic E-state index is 0.105. The van der Waals surface area contributed by atoms with E-state index >= 15 is 0 Å². The maximum absolute atomic E-state index is 11.8. The van der Waals surface area contributed by atoms with Crippen molar-refractivity contribution in [2.75, 3.05) is 39.9 Å². The maximum Gasteiger partial charge on any atom is 0.248 e. The van der Waals surface area contributed by atoms with Gasteiger partial charge in [0.1, 0.15) is 6.61 Å². The van der Waals surface area contributed by atoms with Crippen molar-refractivity contribution in [3.63, 3.8) is 0 Å². The molecule has 0 aromatic heterocycles. The Morgan fingerprint density at radius 3 is 2.20 bits per heavy atom. The van der Waals surface area contributed by atoms with Crippen LogP contribution in [0.1, 0.15) is 32.6 Å². The van der Waals surface area contributed by atoms with Crippen LogP contribution in [0.2, 0.25) is 0 Å². The molecular weight excluding hydrogens is 256 g/mol. The van der Waals surface area contributed by atoms with Gasteiger partial charge < -0.3 is 14.5 Å². The summed E-state index contributed by atoms with van der Waals surface area (Å²) in [7, 11) is 1.56. The van der Waals surface area contributed by atoms with Crippen molar-refractivity contribution in [3.8, 4) is 0 Å². The lowest BCUT2D eigenvalue weighted by Gasteiger charge is -2.34. The summed E-state index contributed by atoms with van der Waals surface area (Å²) in [5.74, 6) is 1.64. The lowest BCUT2D eigenvalue weighted by molar-refractivity contribution is -0.134. The molecule has 0 aliphatic carbocycles. The van der Waals surface area contributed by atoms with E-state index in [9.17, 15) is 9.59 Å². The molecule has 0 saturated carbocycles. The molecule has 1 atom stereocenters. The molecule has 2 aliphatic rings. The van der Waals surface area contributed by atoms with E-state index in [-0.39, 0.29) is 18.4 Å². The van der Waals surface area contributed by atoms with Gasteiger partial charge in [0.25, 0.3) is 0 Å². The van der Waals surface area contributed by atoms with Gasteiger partial charge in [-0.25, -0.2) is 0 Å². The van der Waals surface area contributed by atoms with E-state index in [4.69, 9.17) is 4.74 Å². The highest BCUT2D eigenvalue weighted by molar-refractivity contribution is 5.77. The van der Waals surface area contributed by atoms with Crippen LogP contribution in [0.25, 0.3) is 0 Å². The van der Waals surface area contributed by atoms with E-state index in [0.29, 0.717) is 18.3 Å². The SMILES string of the molecule is CCC(=O)N1CCC(C2CCN(C(=O)COC)C2)CC1. The molecule has 0 N–H and O–H groups in total. The van der Waals surface area contributed by atoms with Gasteiger partial charge in [-0.3, -0.25) is 9.59 Å². The van der Waals surface area contributed by atoms with Crippen molar-refractivity contribution < 1.29 is 14.3 Å². The standard InChI is InChI=1S/C15H26N2O3/c1-3-14(18)16-7-4-12(5-8-16)13-6-9-17(10-13)15(19)11-20-2/h12-13H,3-11H2,1-2H3. The zero-order valence-corrected chi connectivity index (χ0v) is 12.6. The Labute approximate surface area is 121 Å². The van der Waals surface area contributed by atoms with E-state index in [1.165, 1.54) is 0 Å². The average molecular weight is 282 g/mol. The van der Waals surface area contributed by atoms with Crippen LogP contribution >= 0.6 is 0 Å². The van der Waals surface area contributed by atoms with E-state index in [1.807, 2.05) is 16.7 Å². The van der Waals surface area contributed by atoms with Crippen molar-refractivity contribution in [2.45, 2.75) is 32.6 Å². The number of ether oxygens (including phenoxy) is 1. The van der Waals surface area contributed by atoms with Gasteiger partial charge in [-0.1, -0.05) is 6.92 Å². The Hall–Kier alpha value is -1.10. The van der Waals surface area contributed by atoms with Gasteiger partial charge in [0, 0.05) is 39.7 Å². The molecule has 5 heteroatoms. The number of hydrogen-bond donors (Lipinski definition) is 0. The highest BCUT2D eigenvalue weighted by atomic mass is 16.5. The van der Waals surface area contributed by atoms with Crippen LogP contribution in [0.4, 0.5) is 0 Å². The first-order chi connectivity index (χ1) is 9.65. The fourth-order valence-electron chi connectivity index (χ4n) is 3.46. The van der Waals surface area contributed by atoms with Crippen LogP contribution in [0.5, 0.6) is 0 Å². The molecule has 0 aromatic rings. The highest BCUT2D eigenvalue weighted by Crippen LogP contribution is 2.32. The summed E-state index contributed by atoms with van der Waals surface area (Å²) in [6, 6.07) is 0. The summed E-state index contributed by atoms with van der Waals surface area (Å²) in [4.78, 5) is 27.4. The number of nitrogens with zero attached hydrogens (tertiary/aromatic N) is 2. The topological polar surface area (TPSA) is 49.9 Å². The second-order valence-corrected chi connectivity index (χ2v) is 5.89. The zero-order chi connectivity index (χ0) is 14.5. The van der Waals surface area contributed by atoms with Gasteiger partial charge in [0.05, 0.1) is 0 Å². The van der Waals surface area contributed by atoms with Crippen LogP contribution in [-0.4, -0.2) is 61.5 Å². The zero-order valence-electron chi connectivity index (χ0n) is 12.6. The molecule has 114 valence electrons. The largest absolute Gasteiger partial charge is 0.375 e. The number of amides is 2. The van der Waals surface area contributed by atoms with Crippen LogP contribution in [-0.2, 0) is 14.3 Å². The van der Waals surface area contributed by atoms with Crippen molar-refractivity contribution in [3.05, 3.63) is 0 Å². The van der Waals surface area contributed by atoms with E-state index in [0.717, 1.165) is 45.4 Å². The third-order valence-electron chi connectivity index (χ3n) is 4.71. The minimum Gasteiger partial charge on any atom is -0.375 e. The molecule has 0 aromatic carbocycles. The van der Waals surface area contributed by atoms with Crippen molar-refractivity contribution in [1.82, 2.24) is 9.80 Å². The first kappa shape index (κ1) is 15.3. The predicted octanol–water partition coefficient (Wildman–Crippen LogP) is 1.13. The smallest absolute Gasteiger partial charge is 0.248 e. The second kappa shape index (κ2) is 7.07. The monoisotopic (exact) mass is 282 g/mol. The van der Waals surface area contributed by atoms with Crippen LogP contribution in [0.3, 0.4) is 0 Å². The van der Waals surface area contributed by atoms with Crippen LogP contribution < -0.4 is 0 Å². The lowest BCUT2D eigenvalue weighted by Crippen LogP contribution is -2.40. The van der Waals surface area contributed by atoms with Crippen molar-refractivity contribution in [2.24, 2.45) is 11.8 Å². The third kappa shape index (κ3) is 3.51. The molecule has 2 heterocycles. The van der Waals surface area contributed by atoms with Gasteiger partial charge in [-0.15, -0.1) is 0 Å². The molecule has 0 spiro atoms. The summed E-state index contributed by atoms with van der Waals surface area (Å²) in [5.41, 5.74) is 0. The molecule has 1 unspecified atom stereocenters. The number of methoxy groups -OCH3 is 1. The quantitative estimate of drug-likeness (QED) is 0.776. The van der Waals surface area contributed by atoms with Crippen molar-refractivity contribution in [1.29, 1.82) is 0 Å². The maximum atomic E-state index is 11.8. The molecule has 2 amide bonds. The molecule has 2 rings (SSSR count). The summed E-state index contributed by atoms with van der Waals surface area (Å²) < 4.78 is 4.91. The Kier molecular flexibility index (Phi) is 5.40. The highest BCUT2D eigenvalue weighted by Gasteiger charge is 2.34. The Morgan fingerprint density at radius 1 is 1.00 bits per heavy atom. The van der Waals surface area contributed by atoms with Gasteiger partial charge in [-0.05, 0) is 31.1 Å². The van der Waals surface area contributed by atoms with Gasteiger partial charge >= 0.3 is 0 Å². The Bertz CT molecular complexity index is 351. The molecule has 2 aliphatic heterocycles. The van der Waals surface area contributed by atoms with Crippen LogP contribution in [0, 0.1) is 11.8 Å². The minimum absolute atomic E-state index is 0.105. The number of carbonyl (C=O) groups excluding carboxylic acids is 2. The molecule has 5 nitrogen and oxygen atoms in total. The van der Waals surface area contributed by atoms with Gasteiger partial charge in [0.2, 0.25) is 11.8 Å². The second-order valence-electron chi connectivity index (χ2n) is 5.89. The molecule has 20 heavy (non-hydrogen) atoms. The van der Waals surface area contributed by atoms with Crippen LogP contribution in [0.15, 0.2) is 0 Å². The van der Waals surface area contributed by atoms with Gasteiger partial charge in [-0.2, -0.15) is 0 Å². The molecular formula is C15H26N2O3. The van der Waals surface area contributed by atoms with Gasteiger partial charge in [0.15, 0.2) is 0 Å². The van der Waals surface area contributed by atoms with Crippen molar-refractivity contribution >= 4 is 11.8 Å². The summed E-state index contributed by atoms with van der Waals surface area (Å²) in [5, 5.41) is 0. The van der Waals surface area contributed by atoms with E-state index in [2.05, 4.69) is 0 Å². The first-order valence-electron chi connectivity index (χ1n) is 7.70. The number of piperidine rings is 1. The first-order valence-corrected chi connectivity index (χ1v) is 7.70. The molecule has 2 saturated heterocycles. The summed E-state index contributed by atoms with van der Waals surface area (Å²) in [6.07, 6.45) is 3.88. The number of likely N-dealkylation sites (tertiary alicyclic amines) is 2. The van der Waals surface area contributed by atoms with E-state index in [1.54, 1.807) is 7.11 Å². The fraction of sp³-hybridized carbons (Fsp3) is 0.867. The molecule has 0 bridgehead atoms. The third-order valence-corrected chi connectivity index (χ3v) is 4.71. The number of carbonyl (C=O) groups is 2. The summed E-state index contributed by atoms with van der Waals surface area (Å²) >= 11 is 0. The molecule has 0 radical (unpaired) electrons. The lowest BCUT2D eigenvalue weighted by atomic mass is 9.83. The average Bonchev–Trinajstić information content (AvgIpc) is 2.97. The summed E-state index contributed by atoms with van der Waals surface area (Å²) in [6.45, 7) is 5.62. The Morgan fingerprint density at radius 2 is 1.60 bits per heavy atom. The Balaban J connectivity index is 1.78. The molecule has 2 fully saturated rings. The number of rotatable bonds is 4. The predicted molar refractivity (Wildman–Crippen MR) is 76.2 cm³/mol. The normalized spacial score (nSPS) is 24.2. The fourth-order valence-corrected chi connectivity index (χ4v) is 3.46.